The van der Waals surface area contributed by atoms with Crippen LogP contribution in [0.25, 0.3) is 0 Å². The van der Waals surface area contributed by atoms with Crippen LogP contribution in [-0.2, 0) is 4.79 Å². The summed E-state index contributed by atoms with van der Waals surface area (Å²) in [5, 5.41) is 14.7. The number of nitrogens with one attached hydrogen (secondary N) is 1. The number of amides is 1. The van der Waals surface area contributed by atoms with Crippen molar-refractivity contribution in [2.75, 3.05) is 13.7 Å². The van der Waals surface area contributed by atoms with Gasteiger partial charge in [-0.05, 0) is 36.8 Å². The van der Waals surface area contributed by atoms with E-state index in [1.165, 1.54) is 25.3 Å². The molecular weight excluding hydrogens is 383 g/mol. The summed E-state index contributed by atoms with van der Waals surface area (Å²) in [5.41, 5.74) is 0.408. The van der Waals surface area contributed by atoms with Gasteiger partial charge in [-0.15, -0.1) is 0 Å². The van der Waals surface area contributed by atoms with Crippen LogP contribution in [-0.4, -0.2) is 24.5 Å². The molecule has 138 valence electrons. The van der Waals surface area contributed by atoms with Crippen LogP contribution in [0.3, 0.4) is 0 Å². The molecule has 0 heterocycles. The van der Waals surface area contributed by atoms with Gasteiger partial charge < -0.3 is 14.8 Å². The normalized spacial score (nSPS) is 11.5. The summed E-state index contributed by atoms with van der Waals surface area (Å²) in [4.78, 5) is 22.6. The van der Waals surface area contributed by atoms with Crippen molar-refractivity contribution in [2.24, 2.45) is 0 Å². The van der Waals surface area contributed by atoms with E-state index in [0.717, 1.165) is 0 Å². The van der Waals surface area contributed by atoms with E-state index < -0.39 is 10.8 Å². The minimum Gasteiger partial charge on any atom is -0.496 e. The Balaban J connectivity index is 2.01. The standard InChI is InChI=1S/C17H16Cl2N2O5/c1-10(13-5-3-11(18)7-14(13)19)20-17(22)9-26-16-6-4-12(25-2)8-15(16)21(23)24/h3-8,10H,9H2,1-2H3,(H,20,22)/t10-/m1/s1. The van der Waals surface area contributed by atoms with Gasteiger partial charge in [0.1, 0.15) is 5.75 Å². The topological polar surface area (TPSA) is 90.7 Å². The molecule has 0 aliphatic rings. The van der Waals surface area contributed by atoms with E-state index in [2.05, 4.69) is 5.32 Å². The summed E-state index contributed by atoms with van der Waals surface area (Å²) in [6, 6.07) is 8.69. The molecule has 26 heavy (non-hydrogen) atoms. The lowest BCUT2D eigenvalue weighted by molar-refractivity contribution is -0.385. The van der Waals surface area contributed by atoms with Crippen LogP contribution in [0.4, 0.5) is 5.69 Å². The predicted molar refractivity (Wildman–Crippen MR) is 98.2 cm³/mol. The average Bonchev–Trinajstić information content (AvgIpc) is 2.59. The molecular formula is C17H16Cl2N2O5. The second-order valence-electron chi connectivity index (χ2n) is 5.33. The Morgan fingerprint density at radius 3 is 2.62 bits per heavy atom. The maximum atomic E-state index is 12.1. The molecule has 0 aliphatic heterocycles. The Kier molecular flexibility index (Phi) is 6.65. The fourth-order valence-electron chi connectivity index (χ4n) is 2.25. The van der Waals surface area contributed by atoms with Crippen molar-refractivity contribution in [1.29, 1.82) is 0 Å². The maximum absolute atomic E-state index is 12.1. The van der Waals surface area contributed by atoms with Crippen LogP contribution < -0.4 is 14.8 Å². The number of benzene rings is 2. The van der Waals surface area contributed by atoms with Crippen LogP contribution >= 0.6 is 23.2 Å². The summed E-state index contributed by atoms with van der Waals surface area (Å²) in [6.07, 6.45) is 0. The van der Waals surface area contributed by atoms with Gasteiger partial charge in [-0.2, -0.15) is 0 Å². The third kappa shape index (κ3) is 5.00. The second-order valence-corrected chi connectivity index (χ2v) is 6.18. The van der Waals surface area contributed by atoms with Crippen LogP contribution in [0.15, 0.2) is 36.4 Å². The smallest absolute Gasteiger partial charge is 0.314 e. The first-order valence-corrected chi connectivity index (χ1v) is 8.27. The number of carbonyl (C=O) groups is 1. The summed E-state index contributed by atoms with van der Waals surface area (Å²) in [6.45, 7) is 1.37. The molecule has 1 N–H and O–H groups in total. The summed E-state index contributed by atoms with van der Waals surface area (Å²) in [7, 11) is 1.40. The third-order valence-corrected chi connectivity index (χ3v) is 4.09. The van der Waals surface area contributed by atoms with Crippen molar-refractivity contribution in [3.8, 4) is 11.5 Å². The number of hydrogen-bond acceptors (Lipinski definition) is 5. The monoisotopic (exact) mass is 398 g/mol. The van der Waals surface area contributed by atoms with Crippen molar-refractivity contribution in [3.63, 3.8) is 0 Å². The minimum atomic E-state index is -0.605. The molecule has 9 heteroatoms. The minimum absolute atomic E-state index is 0.0249. The lowest BCUT2D eigenvalue weighted by Gasteiger charge is -2.16. The highest BCUT2D eigenvalue weighted by atomic mass is 35.5. The van der Waals surface area contributed by atoms with Crippen molar-refractivity contribution in [2.45, 2.75) is 13.0 Å². The SMILES string of the molecule is COc1ccc(OCC(=O)N[C@H](C)c2ccc(Cl)cc2Cl)c([N+](=O)[O-])c1. The molecule has 2 aromatic rings. The van der Waals surface area contributed by atoms with Gasteiger partial charge in [0.05, 0.1) is 24.1 Å². The Hall–Kier alpha value is -2.51. The molecule has 0 saturated carbocycles. The molecule has 1 amide bonds. The summed E-state index contributed by atoms with van der Waals surface area (Å²) >= 11 is 12.0. The summed E-state index contributed by atoms with van der Waals surface area (Å²) < 4.78 is 10.2. The molecule has 0 saturated heterocycles. The van der Waals surface area contributed by atoms with Crippen molar-refractivity contribution in [3.05, 3.63) is 62.1 Å². The zero-order valence-electron chi connectivity index (χ0n) is 14.0. The first-order chi connectivity index (χ1) is 12.3. The van der Waals surface area contributed by atoms with Crippen LogP contribution in [0.1, 0.15) is 18.5 Å². The van der Waals surface area contributed by atoms with Gasteiger partial charge >= 0.3 is 5.69 Å². The molecule has 0 unspecified atom stereocenters. The van der Waals surface area contributed by atoms with Gasteiger partial charge in [0.2, 0.25) is 0 Å². The molecule has 0 bridgehead atoms. The molecule has 1 atom stereocenters. The maximum Gasteiger partial charge on any atom is 0.314 e. The van der Waals surface area contributed by atoms with E-state index in [4.69, 9.17) is 32.7 Å². The molecule has 2 aromatic carbocycles. The Morgan fingerprint density at radius 2 is 2.00 bits per heavy atom. The highest BCUT2D eigenvalue weighted by molar-refractivity contribution is 6.35. The first kappa shape index (κ1) is 19.8. The highest BCUT2D eigenvalue weighted by Crippen LogP contribution is 2.31. The van der Waals surface area contributed by atoms with Gasteiger partial charge in [-0.3, -0.25) is 14.9 Å². The van der Waals surface area contributed by atoms with Gasteiger partial charge in [-0.25, -0.2) is 0 Å². The van der Waals surface area contributed by atoms with Crippen LogP contribution in [0, 0.1) is 10.1 Å². The molecule has 0 aliphatic carbocycles. The van der Waals surface area contributed by atoms with Gasteiger partial charge in [-0.1, -0.05) is 29.3 Å². The van der Waals surface area contributed by atoms with E-state index in [9.17, 15) is 14.9 Å². The predicted octanol–water partition coefficient (Wildman–Crippen LogP) is 4.17. The third-order valence-electron chi connectivity index (χ3n) is 3.53. The number of nitro groups is 1. The van der Waals surface area contributed by atoms with Crippen molar-refractivity contribution in [1.82, 2.24) is 5.32 Å². The van der Waals surface area contributed by atoms with E-state index >= 15 is 0 Å². The number of rotatable bonds is 7. The lowest BCUT2D eigenvalue weighted by Crippen LogP contribution is -2.31. The molecule has 0 spiro atoms. The number of carbonyl (C=O) groups excluding carboxylic acids is 1. The zero-order valence-corrected chi connectivity index (χ0v) is 15.5. The van der Waals surface area contributed by atoms with Gasteiger partial charge in [0, 0.05) is 10.0 Å². The Bertz CT molecular complexity index is 829. The number of hydrogen-bond donors (Lipinski definition) is 1. The van der Waals surface area contributed by atoms with Crippen molar-refractivity contribution < 1.29 is 19.2 Å². The Morgan fingerprint density at radius 1 is 1.27 bits per heavy atom. The fraction of sp³-hybridized carbons (Fsp3) is 0.235. The van der Waals surface area contributed by atoms with E-state index in [1.54, 1.807) is 25.1 Å². The quantitative estimate of drug-likeness (QED) is 0.558. The molecule has 7 nitrogen and oxygen atoms in total. The Labute approximate surface area is 160 Å². The van der Waals surface area contributed by atoms with E-state index in [-0.39, 0.29) is 24.1 Å². The highest BCUT2D eigenvalue weighted by Gasteiger charge is 2.19. The van der Waals surface area contributed by atoms with E-state index in [0.29, 0.717) is 21.4 Å². The second kappa shape index (κ2) is 8.73. The average molecular weight is 399 g/mol. The number of ether oxygens (including phenoxy) is 2. The van der Waals surface area contributed by atoms with Crippen molar-refractivity contribution >= 4 is 34.8 Å². The lowest BCUT2D eigenvalue weighted by atomic mass is 10.1. The first-order valence-electron chi connectivity index (χ1n) is 7.51. The van der Waals surface area contributed by atoms with Gasteiger partial charge in [0.25, 0.3) is 5.91 Å². The largest absolute Gasteiger partial charge is 0.496 e. The summed E-state index contributed by atoms with van der Waals surface area (Å²) in [5.74, 6) is -0.156. The van der Waals surface area contributed by atoms with Gasteiger partial charge in [0.15, 0.2) is 12.4 Å². The number of methoxy groups -OCH3 is 1. The number of halogens is 2. The zero-order chi connectivity index (χ0) is 19.3. The van der Waals surface area contributed by atoms with Crippen LogP contribution in [0.5, 0.6) is 11.5 Å². The fourth-order valence-corrected chi connectivity index (χ4v) is 2.82. The molecule has 2 rings (SSSR count). The molecule has 0 fully saturated rings. The van der Waals surface area contributed by atoms with Crippen LogP contribution in [0.2, 0.25) is 10.0 Å². The number of nitrogens with zero attached hydrogens (tertiary/aromatic N) is 1. The molecule has 0 radical (unpaired) electrons. The van der Waals surface area contributed by atoms with E-state index in [1.807, 2.05) is 0 Å². The molecule has 0 aromatic heterocycles. The number of nitro benzene ring substituents is 1.